The predicted molar refractivity (Wildman–Crippen MR) is 79.4 cm³/mol. The molecule has 106 valence electrons. The summed E-state index contributed by atoms with van der Waals surface area (Å²) in [5, 5.41) is 14.5. The Morgan fingerprint density at radius 3 is 3.00 bits per heavy atom. The first kappa shape index (κ1) is 15.9. The zero-order valence-corrected chi connectivity index (χ0v) is 12.4. The lowest BCUT2D eigenvalue weighted by Gasteiger charge is -2.27. The van der Waals surface area contributed by atoms with E-state index in [1.54, 1.807) is 30.6 Å². The van der Waals surface area contributed by atoms with Gasteiger partial charge in [-0.15, -0.1) is 6.42 Å². The number of rotatable bonds is 7. The molecule has 1 rings (SSSR count). The number of hydrogen-bond donors (Lipinski definition) is 2. The molecule has 1 heterocycles. The van der Waals surface area contributed by atoms with Gasteiger partial charge in [-0.1, -0.05) is 17.7 Å². The summed E-state index contributed by atoms with van der Waals surface area (Å²) in [4.78, 5) is 5.52. The molecule has 0 fully saturated rings. The summed E-state index contributed by atoms with van der Waals surface area (Å²) in [6, 6.07) is 0. The Morgan fingerprint density at radius 2 is 2.42 bits per heavy atom. The van der Waals surface area contributed by atoms with Gasteiger partial charge in [0.25, 0.3) is 0 Å². The van der Waals surface area contributed by atoms with Crippen LogP contribution in [0.1, 0.15) is 20.3 Å². The first-order chi connectivity index (χ1) is 8.99. The lowest BCUT2D eigenvalue weighted by atomic mass is 10.4. The largest absolute Gasteiger partial charge is 0.374 e. The van der Waals surface area contributed by atoms with E-state index in [0.717, 1.165) is 17.1 Å². The van der Waals surface area contributed by atoms with Crippen molar-refractivity contribution in [3.05, 3.63) is 10.7 Å². The van der Waals surface area contributed by atoms with Gasteiger partial charge in [-0.2, -0.15) is 0 Å². The van der Waals surface area contributed by atoms with Gasteiger partial charge < -0.3 is 25.1 Å². The molecule has 1 aliphatic rings. The van der Waals surface area contributed by atoms with Crippen LogP contribution in [0.2, 0.25) is 0 Å². The van der Waals surface area contributed by atoms with Gasteiger partial charge in [0.1, 0.15) is 6.10 Å². The molecule has 0 amide bonds. The Kier molecular flexibility index (Phi) is 6.22. The molecule has 1 aliphatic heterocycles. The van der Waals surface area contributed by atoms with E-state index in [0.29, 0.717) is 6.54 Å². The molecule has 3 unspecified atom stereocenters. The fourth-order valence-electron chi connectivity index (χ4n) is 1.66. The van der Waals surface area contributed by atoms with Crippen molar-refractivity contribution in [3.8, 4) is 12.3 Å². The van der Waals surface area contributed by atoms with Gasteiger partial charge in [-0.05, 0) is 27.0 Å². The van der Waals surface area contributed by atoms with E-state index >= 15 is 0 Å². The summed E-state index contributed by atoms with van der Waals surface area (Å²) in [5.74, 6) is 2.42. The van der Waals surface area contributed by atoms with E-state index in [4.69, 9.17) is 11.2 Å². The summed E-state index contributed by atoms with van der Waals surface area (Å²) in [5.41, 5.74) is 1.01. The monoisotopic (exact) mass is 283 g/mol. The van der Waals surface area contributed by atoms with E-state index < -0.39 is 12.5 Å². The number of aliphatic hydroxyl groups is 1. The van der Waals surface area contributed by atoms with Crippen LogP contribution < -0.4 is 5.32 Å². The number of aliphatic hydroxyl groups excluding tert-OH is 1. The third kappa shape index (κ3) is 4.46. The number of ether oxygens (including phenoxy) is 1. The van der Waals surface area contributed by atoms with Gasteiger partial charge in [0.2, 0.25) is 6.41 Å². The minimum atomic E-state index is -1.05. The van der Waals surface area contributed by atoms with E-state index in [-0.39, 0.29) is 5.37 Å². The SMILES string of the molecule is C#CC(C)OC(O)N(C)C1=C(C)NC(CCN=C)S1. The highest BCUT2D eigenvalue weighted by Crippen LogP contribution is 2.34. The topological polar surface area (TPSA) is 57.1 Å². The second-order valence-corrected chi connectivity index (χ2v) is 5.49. The number of allylic oxidation sites excluding steroid dienone is 1. The fraction of sp³-hybridized carbons (Fsp3) is 0.615. The summed E-state index contributed by atoms with van der Waals surface area (Å²) >= 11 is 1.64. The molecule has 19 heavy (non-hydrogen) atoms. The van der Waals surface area contributed by atoms with Crippen molar-refractivity contribution < 1.29 is 9.84 Å². The molecule has 0 saturated heterocycles. The van der Waals surface area contributed by atoms with Gasteiger partial charge in [0.05, 0.1) is 10.4 Å². The molecule has 0 aromatic rings. The molecule has 0 aliphatic carbocycles. The maximum absolute atomic E-state index is 9.96. The molecule has 0 radical (unpaired) electrons. The van der Waals surface area contributed by atoms with Gasteiger partial charge in [-0.3, -0.25) is 0 Å². The molecule has 0 aromatic carbocycles. The molecule has 3 atom stereocenters. The average molecular weight is 283 g/mol. The van der Waals surface area contributed by atoms with Crippen LogP contribution >= 0.6 is 11.8 Å². The maximum Gasteiger partial charge on any atom is 0.239 e. The molecule has 0 aromatic heterocycles. The zero-order valence-electron chi connectivity index (χ0n) is 11.6. The second kappa shape index (κ2) is 7.43. The van der Waals surface area contributed by atoms with Crippen molar-refractivity contribution in [1.29, 1.82) is 0 Å². The van der Waals surface area contributed by atoms with Crippen molar-refractivity contribution in [3.63, 3.8) is 0 Å². The van der Waals surface area contributed by atoms with Crippen molar-refractivity contribution in [2.75, 3.05) is 13.6 Å². The zero-order chi connectivity index (χ0) is 14.4. The van der Waals surface area contributed by atoms with Crippen LogP contribution in [0, 0.1) is 12.3 Å². The summed E-state index contributed by atoms with van der Waals surface area (Å²) < 4.78 is 5.28. The molecular weight excluding hydrogens is 262 g/mol. The molecule has 0 saturated carbocycles. The molecule has 5 nitrogen and oxygen atoms in total. The fourth-order valence-corrected chi connectivity index (χ4v) is 2.88. The molecule has 0 spiro atoms. The predicted octanol–water partition coefficient (Wildman–Crippen LogP) is 1.17. The van der Waals surface area contributed by atoms with E-state index in [2.05, 4.69) is 22.9 Å². The molecule has 6 heteroatoms. The van der Waals surface area contributed by atoms with Crippen LogP contribution in [0.25, 0.3) is 0 Å². The highest BCUT2D eigenvalue weighted by atomic mass is 32.2. The third-order valence-electron chi connectivity index (χ3n) is 2.71. The van der Waals surface area contributed by atoms with Crippen molar-refractivity contribution in [2.45, 2.75) is 38.2 Å². The summed E-state index contributed by atoms with van der Waals surface area (Å²) in [6.45, 7) is 7.87. The van der Waals surface area contributed by atoms with E-state index in [1.165, 1.54) is 0 Å². The standard InChI is InChI=1S/C13H21N3O2S/c1-6-9(2)18-13(17)16(5)12-10(3)15-11(19-12)7-8-14-4/h1,9,11,13,15,17H,4,7-8H2,2-3,5H3. The van der Waals surface area contributed by atoms with Crippen LogP contribution in [0.5, 0.6) is 0 Å². The third-order valence-corrected chi connectivity index (χ3v) is 4.17. The quantitative estimate of drug-likeness (QED) is 0.417. The normalized spacial score (nSPS) is 21.5. The number of thioether (sulfide) groups is 1. The van der Waals surface area contributed by atoms with Crippen LogP contribution in [-0.2, 0) is 4.74 Å². The molecule has 2 N–H and O–H groups in total. The highest BCUT2D eigenvalue weighted by molar-refractivity contribution is 8.03. The smallest absolute Gasteiger partial charge is 0.239 e. The van der Waals surface area contributed by atoms with Gasteiger partial charge in [0.15, 0.2) is 0 Å². The molecule has 0 bridgehead atoms. The van der Waals surface area contributed by atoms with Crippen LogP contribution in [-0.4, -0.2) is 48.2 Å². The number of nitrogens with zero attached hydrogens (tertiary/aromatic N) is 2. The van der Waals surface area contributed by atoms with Crippen LogP contribution in [0.3, 0.4) is 0 Å². The lowest BCUT2D eigenvalue weighted by Crippen LogP contribution is -2.34. The Bertz CT molecular complexity index is 392. The summed E-state index contributed by atoms with van der Waals surface area (Å²) in [7, 11) is 1.77. The van der Waals surface area contributed by atoms with Crippen molar-refractivity contribution >= 4 is 18.5 Å². The first-order valence-electron chi connectivity index (χ1n) is 6.08. The Labute approximate surface area is 119 Å². The van der Waals surface area contributed by atoms with E-state index in [1.807, 2.05) is 6.92 Å². The lowest BCUT2D eigenvalue weighted by molar-refractivity contribution is -0.182. The van der Waals surface area contributed by atoms with Gasteiger partial charge in [-0.25, -0.2) is 0 Å². The number of aliphatic imine (C=N–C) groups is 1. The highest BCUT2D eigenvalue weighted by Gasteiger charge is 2.27. The maximum atomic E-state index is 9.96. The Balaban J connectivity index is 2.57. The van der Waals surface area contributed by atoms with E-state index in [9.17, 15) is 5.11 Å². The minimum absolute atomic E-state index is 0.250. The van der Waals surface area contributed by atoms with Gasteiger partial charge in [0, 0.05) is 19.3 Å². The average Bonchev–Trinajstić information content (AvgIpc) is 2.76. The Hall–Kier alpha value is -1.16. The first-order valence-corrected chi connectivity index (χ1v) is 6.96. The van der Waals surface area contributed by atoms with Crippen molar-refractivity contribution in [2.24, 2.45) is 4.99 Å². The number of terminal acetylenes is 1. The molecular formula is C13H21N3O2S. The summed E-state index contributed by atoms with van der Waals surface area (Å²) in [6.07, 6.45) is 4.63. The van der Waals surface area contributed by atoms with Crippen LogP contribution in [0.15, 0.2) is 15.7 Å². The van der Waals surface area contributed by atoms with Gasteiger partial charge >= 0.3 is 0 Å². The van der Waals surface area contributed by atoms with Crippen molar-refractivity contribution in [1.82, 2.24) is 10.2 Å². The number of hydrogen-bond acceptors (Lipinski definition) is 6. The van der Waals surface area contributed by atoms with Crippen LogP contribution in [0.4, 0.5) is 0 Å². The minimum Gasteiger partial charge on any atom is -0.374 e. The second-order valence-electron chi connectivity index (χ2n) is 4.30. The number of nitrogens with one attached hydrogen (secondary N) is 1. The Morgan fingerprint density at radius 1 is 1.74 bits per heavy atom.